The lowest BCUT2D eigenvalue weighted by Gasteiger charge is -2.11. The number of anilines is 1. The summed E-state index contributed by atoms with van der Waals surface area (Å²) in [4.78, 5) is 0. The third-order valence-corrected chi connectivity index (χ3v) is 4.66. The van der Waals surface area contributed by atoms with Gasteiger partial charge in [-0.1, -0.05) is 42.5 Å². The van der Waals surface area contributed by atoms with Crippen LogP contribution >= 0.6 is 0 Å². The monoisotopic (exact) mass is 303 g/mol. The van der Waals surface area contributed by atoms with Crippen molar-refractivity contribution in [1.29, 1.82) is 0 Å². The van der Waals surface area contributed by atoms with Crippen molar-refractivity contribution >= 4 is 5.69 Å². The van der Waals surface area contributed by atoms with E-state index in [4.69, 9.17) is 0 Å². The smallest absolute Gasteiger partial charge is 0.126 e. The molecule has 1 N–H and O–H groups in total. The number of halogens is 1. The van der Waals surface area contributed by atoms with Crippen LogP contribution in [-0.4, -0.2) is 0 Å². The van der Waals surface area contributed by atoms with Crippen LogP contribution < -0.4 is 5.32 Å². The quantitative estimate of drug-likeness (QED) is 0.540. The van der Waals surface area contributed by atoms with Crippen LogP contribution in [0, 0.1) is 12.7 Å². The second-order valence-corrected chi connectivity index (χ2v) is 6.08. The van der Waals surface area contributed by atoms with Gasteiger partial charge in [0.05, 0.1) is 0 Å². The molecule has 0 aliphatic heterocycles. The van der Waals surface area contributed by atoms with Gasteiger partial charge in [0.1, 0.15) is 5.82 Å². The minimum absolute atomic E-state index is 0.145. The van der Waals surface area contributed by atoms with Gasteiger partial charge in [0, 0.05) is 12.2 Å². The van der Waals surface area contributed by atoms with Crippen molar-refractivity contribution in [1.82, 2.24) is 0 Å². The Kier molecular flexibility index (Phi) is 3.38. The van der Waals surface area contributed by atoms with Crippen LogP contribution in [0.5, 0.6) is 0 Å². The number of rotatable bonds is 3. The molecule has 1 aliphatic rings. The standard InChI is InChI=1S/C21H18FN/c1-14-16(6-4-8-21(14)22)13-23-18-9-10-20-17(12-18)11-15-5-2-3-7-19(15)20/h2-10,12,23H,11,13H2,1H3. The van der Waals surface area contributed by atoms with Crippen molar-refractivity contribution in [3.05, 3.63) is 88.7 Å². The number of fused-ring (bicyclic) bond motifs is 3. The molecule has 2 heteroatoms. The van der Waals surface area contributed by atoms with Crippen molar-refractivity contribution in [2.45, 2.75) is 19.9 Å². The predicted molar refractivity (Wildman–Crippen MR) is 93.1 cm³/mol. The Morgan fingerprint density at radius 1 is 0.913 bits per heavy atom. The molecule has 23 heavy (non-hydrogen) atoms. The number of nitrogens with one attached hydrogen (secondary N) is 1. The van der Waals surface area contributed by atoms with Gasteiger partial charge < -0.3 is 5.32 Å². The second kappa shape index (κ2) is 5.54. The highest BCUT2D eigenvalue weighted by molar-refractivity contribution is 5.78. The van der Waals surface area contributed by atoms with Gasteiger partial charge in [0.25, 0.3) is 0 Å². The Morgan fingerprint density at radius 3 is 2.65 bits per heavy atom. The fourth-order valence-corrected chi connectivity index (χ4v) is 3.30. The summed E-state index contributed by atoms with van der Waals surface area (Å²) in [6.07, 6.45) is 0.986. The lowest BCUT2D eigenvalue weighted by molar-refractivity contribution is 0.616. The normalized spacial score (nSPS) is 11.9. The first-order valence-electron chi connectivity index (χ1n) is 7.91. The van der Waals surface area contributed by atoms with E-state index in [-0.39, 0.29) is 5.82 Å². The molecule has 0 fully saturated rings. The highest BCUT2D eigenvalue weighted by Crippen LogP contribution is 2.37. The first kappa shape index (κ1) is 14.0. The molecule has 3 aromatic carbocycles. The van der Waals surface area contributed by atoms with Gasteiger partial charge in [0.15, 0.2) is 0 Å². The average molecular weight is 303 g/mol. The molecule has 0 bridgehead atoms. The van der Waals surface area contributed by atoms with E-state index in [9.17, 15) is 4.39 Å². The molecule has 0 aromatic heterocycles. The van der Waals surface area contributed by atoms with Gasteiger partial charge in [-0.25, -0.2) is 4.39 Å². The highest BCUT2D eigenvalue weighted by atomic mass is 19.1. The summed E-state index contributed by atoms with van der Waals surface area (Å²) in [7, 11) is 0. The largest absolute Gasteiger partial charge is 0.381 e. The molecule has 0 spiro atoms. The van der Waals surface area contributed by atoms with Gasteiger partial charge in [0.2, 0.25) is 0 Å². The molecule has 0 saturated heterocycles. The van der Waals surface area contributed by atoms with E-state index < -0.39 is 0 Å². The average Bonchev–Trinajstić information content (AvgIpc) is 2.94. The van der Waals surface area contributed by atoms with Crippen LogP contribution in [0.4, 0.5) is 10.1 Å². The Labute approximate surface area is 135 Å². The molecule has 1 aliphatic carbocycles. The van der Waals surface area contributed by atoms with Crippen LogP contribution in [0.25, 0.3) is 11.1 Å². The lowest BCUT2D eigenvalue weighted by atomic mass is 10.1. The topological polar surface area (TPSA) is 12.0 Å². The van der Waals surface area contributed by atoms with E-state index >= 15 is 0 Å². The molecule has 114 valence electrons. The Hall–Kier alpha value is -2.61. The minimum atomic E-state index is -0.145. The van der Waals surface area contributed by atoms with Gasteiger partial charge >= 0.3 is 0 Å². The van der Waals surface area contributed by atoms with Gasteiger partial charge in [-0.3, -0.25) is 0 Å². The van der Waals surface area contributed by atoms with Crippen LogP contribution in [-0.2, 0) is 13.0 Å². The molecule has 0 heterocycles. The SMILES string of the molecule is Cc1c(F)cccc1CNc1ccc2c(c1)Cc1ccccc1-2. The zero-order chi connectivity index (χ0) is 15.8. The van der Waals surface area contributed by atoms with Gasteiger partial charge in [-0.2, -0.15) is 0 Å². The van der Waals surface area contributed by atoms with Crippen molar-refractivity contribution < 1.29 is 4.39 Å². The van der Waals surface area contributed by atoms with E-state index in [0.717, 1.165) is 17.7 Å². The maximum Gasteiger partial charge on any atom is 0.126 e. The molecule has 0 unspecified atom stereocenters. The first-order valence-corrected chi connectivity index (χ1v) is 7.91. The summed E-state index contributed by atoms with van der Waals surface area (Å²) in [5, 5.41) is 3.42. The summed E-state index contributed by atoms with van der Waals surface area (Å²) in [5.74, 6) is -0.145. The second-order valence-electron chi connectivity index (χ2n) is 6.08. The zero-order valence-electron chi connectivity index (χ0n) is 13.1. The molecule has 3 aromatic rings. The van der Waals surface area contributed by atoms with Gasteiger partial charge in [-0.05, 0) is 64.9 Å². The summed E-state index contributed by atoms with van der Waals surface area (Å²) >= 11 is 0. The van der Waals surface area contributed by atoms with Crippen molar-refractivity contribution in [2.24, 2.45) is 0 Å². The first-order chi connectivity index (χ1) is 11.2. The summed E-state index contributed by atoms with van der Waals surface area (Å²) in [6.45, 7) is 2.46. The summed E-state index contributed by atoms with van der Waals surface area (Å²) < 4.78 is 13.6. The molecular formula is C21H18FN. The third-order valence-electron chi connectivity index (χ3n) is 4.66. The van der Waals surface area contributed by atoms with Crippen molar-refractivity contribution in [2.75, 3.05) is 5.32 Å². The van der Waals surface area contributed by atoms with E-state index in [1.807, 2.05) is 13.0 Å². The number of hydrogen-bond donors (Lipinski definition) is 1. The molecule has 0 saturated carbocycles. The molecule has 0 radical (unpaired) electrons. The Balaban J connectivity index is 1.56. The van der Waals surface area contributed by atoms with Crippen LogP contribution in [0.2, 0.25) is 0 Å². The fourth-order valence-electron chi connectivity index (χ4n) is 3.30. The van der Waals surface area contributed by atoms with Crippen LogP contribution in [0.3, 0.4) is 0 Å². The van der Waals surface area contributed by atoms with E-state index in [1.165, 1.54) is 28.3 Å². The Morgan fingerprint density at radius 2 is 1.74 bits per heavy atom. The predicted octanol–water partition coefficient (Wildman–Crippen LogP) is 5.32. The maximum absolute atomic E-state index is 13.6. The molecule has 1 nitrogen and oxygen atoms in total. The highest BCUT2D eigenvalue weighted by Gasteiger charge is 2.17. The fraction of sp³-hybridized carbons (Fsp3) is 0.143. The molecule has 0 amide bonds. The van der Waals surface area contributed by atoms with Crippen LogP contribution in [0.1, 0.15) is 22.3 Å². The third kappa shape index (κ3) is 2.50. The summed E-state index contributed by atoms with van der Waals surface area (Å²) in [6, 6.07) is 20.3. The number of benzene rings is 3. The number of hydrogen-bond acceptors (Lipinski definition) is 1. The van der Waals surface area contributed by atoms with E-state index in [2.05, 4.69) is 47.8 Å². The molecule has 4 rings (SSSR count). The van der Waals surface area contributed by atoms with Crippen molar-refractivity contribution in [3.8, 4) is 11.1 Å². The van der Waals surface area contributed by atoms with Crippen LogP contribution in [0.15, 0.2) is 60.7 Å². The lowest BCUT2D eigenvalue weighted by Crippen LogP contribution is -2.02. The summed E-state index contributed by atoms with van der Waals surface area (Å²) in [5.41, 5.74) is 8.21. The van der Waals surface area contributed by atoms with Crippen molar-refractivity contribution in [3.63, 3.8) is 0 Å². The van der Waals surface area contributed by atoms with Gasteiger partial charge in [-0.15, -0.1) is 0 Å². The molecule has 0 atom stereocenters. The molecular weight excluding hydrogens is 285 g/mol. The Bertz CT molecular complexity index is 883. The maximum atomic E-state index is 13.6. The zero-order valence-corrected chi connectivity index (χ0v) is 13.1. The van der Waals surface area contributed by atoms with E-state index in [1.54, 1.807) is 6.07 Å². The van der Waals surface area contributed by atoms with E-state index in [0.29, 0.717) is 12.1 Å². The minimum Gasteiger partial charge on any atom is -0.381 e.